The van der Waals surface area contributed by atoms with Crippen molar-refractivity contribution < 1.29 is 4.79 Å². The SMILES string of the molecule is Cc1sc(C(=O)NN)cc1CN1CCCC2CCCCC21. The van der Waals surface area contributed by atoms with Crippen LogP contribution in [-0.2, 0) is 6.54 Å². The minimum absolute atomic E-state index is 0.177. The summed E-state index contributed by atoms with van der Waals surface area (Å²) in [5.41, 5.74) is 3.52. The predicted octanol–water partition coefficient (Wildman–Crippen LogP) is 2.81. The lowest BCUT2D eigenvalue weighted by Crippen LogP contribution is -2.46. The summed E-state index contributed by atoms with van der Waals surface area (Å²) < 4.78 is 0. The van der Waals surface area contributed by atoms with Crippen LogP contribution in [0.4, 0.5) is 0 Å². The van der Waals surface area contributed by atoms with Gasteiger partial charge in [0.2, 0.25) is 0 Å². The smallest absolute Gasteiger partial charge is 0.275 e. The number of likely N-dealkylation sites (tertiary alicyclic amines) is 1. The molecule has 1 amide bonds. The van der Waals surface area contributed by atoms with Gasteiger partial charge in [0.05, 0.1) is 4.88 Å². The summed E-state index contributed by atoms with van der Waals surface area (Å²) in [7, 11) is 0. The Morgan fingerprint density at radius 2 is 2.14 bits per heavy atom. The summed E-state index contributed by atoms with van der Waals surface area (Å²) in [4.78, 5) is 16.3. The van der Waals surface area contributed by atoms with Crippen LogP contribution in [0.15, 0.2) is 6.07 Å². The maximum atomic E-state index is 11.7. The quantitative estimate of drug-likeness (QED) is 0.513. The number of carbonyl (C=O) groups excluding carboxylic acids is 1. The van der Waals surface area contributed by atoms with E-state index in [1.54, 1.807) is 11.3 Å². The molecule has 1 saturated heterocycles. The first-order chi connectivity index (χ1) is 10.2. The van der Waals surface area contributed by atoms with Crippen molar-refractivity contribution in [1.82, 2.24) is 10.3 Å². The van der Waals surface area contributed by atoms with E-state index in [4.69, 9.17) is 5.84 Å². The monoisotopic (exact) mass is 307 g/mol. The molecule has 0 bridgehead atoms. The van der Waals surface area contributed by atoms with Crippen molar-refractivity contribution in [1.29, 1.82) is 0 Å². The third kappa shape index (κ3) is 3.15. The number of nitrogens with one attached hydrogen (secondary N) is 1. The zero-order valence-corrected chi connectivity index (χ0v) is 13.5. The van der Waals surface area contributed by atoms with E-state index in [1.807, 2.05) is 6.07 Å². The van der Waals surface area contributed by atoms with Gasteiger partial charge < -0.3 is 0 Å². The van der Waals surface area contributed by atoms with Gasteiger partial charge in [-0.25, -0.2) is 5.84 Å². The molecule has 2 fully saturated rings. The molecular formula is C16H25N3OS. The van der Waals surface area contributed by atoms with E-state index in [0.29, 0.717) is 0 Å². The normalized spacial score (nSPS) is 26.4. The zero-order chi connectivity index (χ0) is 14.8. The highest BCUT2D eigenvalue weighted by atomic mass is 32.1. The van der Waals surface area contributed by atoms with Crippen molar-refractivity contribution in [3.05, 3.63) is 21.4 Å². The van der Waals surface area contributed by atoms with Crippen molar-refractivity contribution >= 4 is 17.2 Å². The lowest BCUT2D eigenvalue weighted by molar-refractivity contribution is 0.0546. The molecule has 0 spiro atoms. The summed E-state index contributed by atoms with van der Waals surface area (Å²) in [5, 5.41) is 0. The number of thiophene rings is 1. The van der Waals surface area contributed by atoms with Crippen LogP contribution in [0.2, 0.25) is 0 Å². The van der Waals surface area contributed by atoms with Crippen molar-refractivity contribution in [3.8, 4) is 0 Å². The van der Waals surface area contributed by atoms with Crippen LogP contribution in [0.5, 0.6) is 0 Å². The molecule has 21 heavy (non-hydrogen) atoms. The molecule has 2 aliphatic rings. The fraction of sp³-hybridized carbons (Fsp3) is 0.688. The van der Waals surface area contributed by atoms with E-state index >= 15 is 0 Å². The molecule has 5 heteroatoms. The minimum atomic E-state index is -0.177. The molecule has 2 unspecified atom stereocenters. The van der Waals surface area contributed by atoms with Gasteiger partial charge in [0.25, 0.3) is 5.91 Å². The zero-order valence-electron chi connectivity index (χ0n) is 12.7. The molecule has 0 aromatic carbocycles. The van der Waals surface area contributed by atoms with Gasteiger partial charge in [-0.1, -0.05) is 12.8 Å². The Labute approximate surface area is 130 Å². The molecular weight excluding hydrogens is 282 g/mol. The molecule has 1 aromatic rings. The highest BCUT2D eigenvalue weighted by Crippen LogP contribution is 2.36. The number of hydrogen-bond acceptors (Lipinski definition) is 4. The Morgan fingerprint density at radius 1 is 1.38 bits per heavy atom. The van der Waals surface area contributed by atoms with Gasteiger partial charge in [-0.05, 0) is 56.7 Å². The molecule has 0 radical (unpaired) electrons. The van der Waals surface area contributed by atoms with E-state index in [1.165, 1.54) is 55.5 Å². The van der Waals surface area contributed by atoms with Crippen molar-refractivity contribution in [2.45, 2.75) is 58.0 Å². The molecule has 4 nitrogen and oxygen atoms in total. The van der Waals surface area contributed by atoms with Gasteiger partial charge in [-0.3, -0.25) is 15.1 Å². The highest BCUT2D eigenvalue weighted by molar-refractivity contribution is 7.14. The van der Waals surface area contributed by atoms with Crippen LogP contribution in [0.3, 0.4) is 0 Å². The first-order valence-corrected chi connectivity index (χ1v) is 8.85. The van der Waals surface area contributed by atoms with Gasteiger partial charge >= 0.3 is 0 Å². The maximum absolute atomic E-state index is 11.7. The number of piperidine rings is 1. The molecule has 1 aliphatic carbocycles. The van der Waals surface area contributed by atoms with E-state index in [-0.39, 0.29) is 5.91 Å². The second kappa shape index (κ2) is 6.46. The number of nitrogens with zero attached hydrogens (tertiary/aromatic N) is 1. The van der Waals surface area contributed by atoms with Gasteiger partial charge in [0.1, 0.15) is 0 Å². The molecule has 3 rings (SSSR count). The Balaban J connectivity index is 1.73. The largest absolute Gasteiger partial charge is 0.296 e. The van der Waals surface area contributed by atoms with E-state index in [9.17, 15) is 4.79 Å². The van der Waals surface area contributed by atoms with E-state index in [2.05, 4.69) is 17.2 Å². The Kier molecular flexibility index (Phi) is 4.62. The molecule has 116 valence electrons. The van der Waals surface area contributed by atoms with Crippen LogP contribution < -0.4 is 11.3 Å². The van der Waals surface area contributed by atoms with Crippen LogP contribution in [0.1, 0.15) is 58.6 Å². The average Bonchev–Trinajstić information content (AvgIpc) is 2.88. The van der Waals surface area contributed by atoms with Crippen molar-refractivity contribution in [3.63, 3.8) is 0 Å². The van der Waals surface area contributed by atoms with Crippen LogP contribution in [0, 0.1) is 12.8 Å². The van der Waals surface area contributed by atoms with Crippen LogP contribution in [0.25, 0.3) is 0 Å². The van der Waals surface area contributed by atoms with Gasteiger partial charge in [-0.2, -0.15) is 0 Å². The van der Waals surface area contributed by atoms with Crippen molar-refractivity contribution in [2.24, 2.45) is 11.8 Å². The number of rotatable bonds is 3. The first-order valence-electron chi connectivity index (χ1n) is 8.03. The topological polar surface area (TPSA) is 58.4 Å². The number of carbonyl (C=O) groups is 1. The first kappa shape index (κ1) is 15.0. The lowest BCUT2D eigenvalue weighted by atomic mass is 9.78. The Hall–Kier alpha value is -0.910. The highest BCUT2D eigenvalue weighted by Gasteiger charge is 2.33. The van der Waals surface area contributed by atoms with E-state index in [0.717, 1.165) is 23.4 Å². The van der Waals surface area contributed by atoms with Crippen molar-refractivity contribution in [2.75, 3.05) is 6.54 Å². The average molecular weight is 307 g/mol. The summed E-state index contributed by atoms with van der Waals surface area (Å²) >= 11 is 1.55. The molecule has 1 saturated carbocycles. The summed E-state index contributed by atoms with van der Waals surface area (Å²) in [6.07, 6.45) is 8.27. The summed E-state index contributed by atoms with van der Waals surface area (Å²) in [6, 6.07) is 2.79. The molecule has 1 aliphatic heterocycles. The fourth-order valence-corrected chi connectivity index (χ4v) is 4.94. The fourth-order valence-electron chi connectivity index (χ4n) is 4.00. The number of hydrogen-bond donors (Lipinski definition) is 2. The van der Waals surface area contributed by atoms with E-state index < -0.39 is 0 Å². The second-order valence-electron chi connectivity index (χ2n) is 6.39. The third-order valence-corrected chi connectivity index (χ3v) is 6.20. The lowest BCUT2D eigenvalue weighted by Gasteiger charge is -2.44. The number of amides is 1. The Morgan fingerprint density at radius 3 is 2.95 bits per heavy atom. The third-order valence-electron chi connectivity index (χ3n) is 5.11. The number of hydrazine groups is 1. The predicted molar refractivity (Wildman–Crippen MR) is 86.1 cm³/mol. The molecule has 2 atom stereocenters. The molecule has 2 heterocycles. The minimum Gasteiger partial charge on any atom is -0.296 e. The molecule has 3 N–H and O–H groups in total. The number of aryl methyl sites for hydroxylation is 1. The molecule has 1 aromatic heterocycles. The van der Waals surface area contributed by atoms with Gasteiger partial charge in [0.15, 0.2) is 0 Å². The summed E-state index contributed by atoms with van der Waals surface area (Å²) in [5.74, 6) is 5.96. The maximum Gasteiger partial charge on any atom is 0.275 e. The number of nitrogen functional groups attached to an aromatic ring is 1. The Bertz CT molecular complexity index is 512. The summed E-state index contributed by atoms with van der Waals surface area (Å²) in [6.45, 7) is 4.30. The number of nitrogens with two attached hydrogens (primary N) is 1. The van der Waals surface area contributed by atoms with Gasteiger partial charge in [-0.15, -0.1) is 11.3 Å². The second-order valence-corrected chi connectivity index (χ2v) is 7.65. The standard InChI is InChI=1S/C16H25N3OS/c1-11-13(9-15(21-11)16(20)18-17)10-19-8-4-6-12-5-2-3-7-14(12)19/h9,12,14H,2-8,10,17H2,1H3,(H,18,20). The van der Waals surface area contributed by atoms with Crippen LogP contribution >= 0.6 is 11.3 Å². The van der Waals surface area contributed by atoms with Gasteiger partial charge in [0, 0.05) is 17.5 Å². The number of fused-ring (bicyclic) bond motifs is 1. The van der Waals surface area contributed by atoms with Crippen LogP contribution in [-0.4, -0.2) is 23.4 Å².